The van der Waals surface area contributed by atoms with Gasteiger partial charge in [-0.15, -0.1) is 0 Å². The topological polar surface area (TPSA) is 32.7 Å². The van der Waals surface area contributed by atoms with Crippen LogP contribution in [0.2, 0.25) is 0 Å². The number of nitrogens with zero attached hydrogens (tertiary/aromatic N) is 1. The van der Waals surface area contributed by atoms with Crippen LogP contribution < -0.4 is 0 Å². The predicted molar refractivity (Wildman–Crippen MR) is 71.2 cm³/mol. The summed E-state index contributed by atoms with van der Waals surface area (Å²) in [7, 11) is 5.94. The molecule has 0 saturated heterocycles. The van der Waals surface area contributed by atoms with Gasteiger partial charge in [-0.25, -0.2) is 0 Å². The first-order valence-electron chi connectivity index (χ1n) is 6.87. The highest BCUT2D eigenvalue weighted by atomic mass is 16.5. The van der Waals surface area contributed by atoms with Gasteiger partial charge in [-0.3, -0.25) is 0 Å². The third-order valence-corrected chi connectivity index (χ3v) is 4.35. The van der Waals surface area contributed by atoms with Gasteiger partial charge >= 0.3 is 0 Å². The maximum Gasteiger partial charge on any atom is 0.0724 e. The van der Waals surface area contributed by atoms with Crippen LogP contribution in [0.1, 0.15) is 45.4 Å². The highest BCUT2D eigenvalue weighted by molar-refractivity contribution is 4.98. The number of ether oxygens (including phenoxy) is 1. The predicted octanol–water partition coefficient (Wildman–Crippen LogP) is 2.28. The summed E-state index contributed by atoms with van der Waals surface area (Å²) in [5.74, 6) is 0.725. The van der Waals surface area contributed by atoms with Crippen LogP contribution in [-0.4, -0.2) is 49.5 Å². The fourth-order valence-electron chi connectivity index (χ4n) is 3.26. The van der Waals surface area contributed by atoms with Crippen molar-refractivity contribution in [2.45, 2.75) is 57.1 Å². The normalized spacial score (nSPS) is 31.8. The van der Waals surface area contributed by atoms with E-state index in [2.05, 4.69) is 25.9 Å². The number of aliphatic hydroxyl groups excluding tert-OH is 1. The lowest BCUT2D eigenvalue weighted by Crippen LogP contribution is -2.56. The Morgan fingerprint density at radius 1 is 1.47 bits per heavy atom. The lowest BCUT2D eigenvalue weighted by Gasteiger charge is -2.48. The van der Waals surface area contributed by atoms with Gasteiger partial charge in [-0.05, 0) is 45.7 Å². The Balaban J connectivity index is 2.62. The standard InChI is InChI=1S/C14H29NO2/c1-12-7-5-9-14(11-12,15(2)3)13(16)8-6-10-17-4/h12-13,16H,5-11H2,1-4H3. The van der Waals surface area contributed by atoms with Crippen LogP contribution >= 0.6 is 0 Å². The molecule has 102 valence electrons. The Labute approximate surface area is 106 Å². The van der Waals surface area contributed by atoms with Gasteiger partial charge in [-0.2, -0.15) is 0 Å². The molecule has 0 aliphatic heterocycles. The summed E-state index contributed by atoms with van der Waals surface area (Å²) in [5.41, 5.74) is -0.00852. The zero-order valence-electron chi connectivity index (χ0n) is 11.9. The molecule has 0 amide bonds. The van der Waals surface area contributed by atoms with Crippen LogP contribution in [0.4, 0.5) is 0 Å². The first kappa shape index (κ1) is 14.9. The van der Waals surface area contributed by atoms with Gasteiger partial charge in [0.2, 0.25) is 0 Å². The maximum absolute atomic E-state index is 10.5. The number of likely N-dealkylation sites (N-methyl/N-ethyl adjacent to an activating group) is 1. The molecular formula is C14H29NO2. The molecule has 1 aliphatic rings. The first-order valence-corrected chi connectivity index (χ1v) is 6.87. The van der Waals surface area contributed by atoms with Crippen LogP contribution in [0, 0.1) is 5.92 Å². The van der Waals surface area contributed by atoms with Crippen molar-refractivity contribution in [3.8, 4) is 0 Å². The summed E-state index contributed by atoms with van der Waals surface area (Å²) in [5, 5.41) is 10.5. The zero-order chi connectivity index (χ0) is 12.9. The van der Waals surface area contributed by atoms with Crippen LogP contribution in [-0.2, 0) is 4.74 Å². The molecule has 0 aromatic rings. The van der Waals surface area contributed by atoms with Crippen molar-refractivity contribution in [1.82, 2.24) is 4.90 Å². The molecular weight excluding hydrogens is 214 g/mol. The van der Waals surface area contributed by atoms with Crippen LogP contribution in [0.25, 0.3) is 0 Å². The molecule has 0 radical (unpaired) electrons. The molecule has 3 atom stereocenters. The monoisotopic (exact) mass is 243 g/mol. The molecule has 0 bridgehead atoms. The second-order valence-electron chi connectivity index (χ2n) is 5.85. The van der Waals surface area contributed by atoms with Crippen molar-refractivity contribution in [2.24, 2.45) is 5.92 Å². The van der Waals surface area contributed by atoms with E-state index in [1.165, 1.54) is 12.8 Å². The second kappa shape index (κ2) is 6.72. The minimum absolute atomic E-state index is 0.00852. The number of methoxy groups -OCH3 is 1. The minimum atomic E-state index is -0.226. The molecule has 0 heterocycles. The number of rotatable bonds is 6. The molecule has 1 rings (SSSR count). The second-order valence-corrected chi connectivity index (χ2v) is 5.85. The van der Waals surface area contributed by atoms with Gasteiger partial charge in [0.05, 0.1) is 6.10 Å². The quantitative estimate of drug-likeness (QED) is 0.727. The third kappa shape index (κ3) is 3.67. The fourth-order valence-corrected chi connectivity index (χ4v) is 3.26. The number of hydrogen-bond donors (Lipinski definition) is 1. The van der Waals surface area contributed by atoms with Crippen LogP contribution in [0.3, 0.4) is 0 Å². The number of hydrogen-bond acceptors (Lipinski definition) is 3. The van der Waals surface area contributed by atoms with Crippen molar-refractivity contribution >= 4 is 0 Å². The van der Waals surface area contributed by atoms with Gasteiger partial charge in [0.1, 0.15) is 0 Å². The largest absolute Gasteiger partial charge is 0.391 e. The highest BCUT2D eigenvalue weighted by Crippen LogP contribution is 2.39. The molecule has 0 spiro atoms. The molecule has 1 fully saturated rings. The SMILES string of the molecule is COCCCC(O)C1(N(C)C)CCCC(C)C1. The van der Waals surface area contributed by atoms with Gasteiger partial charge in [0.25, 0.3) is 0 Å². The number of aliphatic hydroxyl groups is 1. The smallest absolute Gasteiger partial charge is 0.0724 e. The van der Waals surface area contributed by atoms with Crippen molar-refractivity contribution in [3.63, 3.8) is 0 Å². The average molecular weight is 243 g/mol. The zero-order valence-corrected chi connectivity index (χ0v) is 11.9. The van der Waals surface area contributed by atoms with Crippen LogP contribution in [0.5, 0.6) is 0 Å². The molecule has 1 N–H and O–H groups in total. The molecule has 1 saturated carbocycles. The Hall–Kier alpha value is -0.120. The lowest BCUT2D eigenvalue weighted by atomic mass is 9.71. The molecule has 1 aliphatic carbocycles. The van der Waals surface area contributed by atoms with Gasteiger partial charge in [0.15, 0.2) is 0 Å². The minimum Gasteiger partial charge on any atom is -0.391 e. The van der Waals surface area contributed by atoms with E-state index in [9.17, 15) is 5.11 Å². The van der Waals surface area contributed by atoms with Crippen molar-refractivity contribution in [3.05, 3.63) is 0 Å². The van der Waals surface area contributed by atoms with E-state index in [1.807, 2.05) is 0 Å². The summed E-state index contributed by atoms with van der Waals surface area (Å²) in [4.78, 5) is 2.25. The van der Waals surface area contributed by atoms with Crippen LogP contribution in [0.15, 0.2) is 0 Å². The van der Waals surface area contributed by atoms with E-state index >= 15 is 0 Å². The average Bonchev–Trinajstić information content (AvgIpc) is 2.28. The van der Waals surface area contributed by atoms with Gasteiger partial charge in [0, 0.05) is 19.3 Å². The first-order chi connectivity index (χ1) is 8.03. The fraction of sp³-hybridized carbons (Fsp3) is 1.00. The summed E-state index contributed by atoms with van der Waals surface area (Å²) in [6, 6.07) is 0. The van der Waals surface area contributed by atoms with E-state index in [1.54, 1.807) is 7.11 Å². The van der Waals surface area contributed by atoms with Crippen molar-refractivity contribution in [2.75, 3.05) is 27.8 Å². The third-order valence-electron chi connectivity index (χ3n) is 4.35. The van der Waals surface area contributed by atoms with Gasteiger partial charge < -0.3 is 14.7 Å². The van der Waals surface area contributed by atoms with E-state index in [4.69, 9.17) is 4.74 Å². The summed E-state index contributed by atoms with van der Waals surface area (Å²) >= 11 is 0. The summed E-state index contributed by atoms with van der Waals surface area (Å²) < 4.78 is 5.07. The molecule has 3 unspecified atom stereocenters. The van der Waals surface area contributed by atoms with E-state index in [0.29, 0.717) is 0 Å². The summed E-state index contributed by atoms with van der Waals surface area (Å²) in [6.45, 7) is 3.05. The Kier molecular flexibility index (Phi) is 5.90. The molecule has 0 aromatic heterocycles. The lowest BCUT2D eigenvalue weighted by molar-refractivity contribution is -0.0493. The highest BCUT2D eigenvalue weighted by Gasteiger charge is 2.42. The molecule has 0 aromatic carbocycles. The van der Waals surface area contributed by atoms with Gasteiger partial charge in [-0.1, -0.05) is 19.8 Å². The Bertz CT molecular complexity index is 220. The molecule has 3 nitrogen and oxygen atoms in total. The van der Waals surface area contributed by atoms with E-state index < -0.39 is 0 Å². The van der Waals surface area contributed by atoms with E-state index in [-0.39, 0.29) is 11.6 Å². The summed E-state index contributed by atoms with van der Waals surface area (Å²) in [6.07, 6.45) is 6.35. The van der Waals surface area contributed by atoms with Crippen molar-refractivity contribution in [1.29, 1.82) is 0 Å². The maximum atomic E-state index is 10.5. The Morgan fingerprint density at radius 3 is 2.71 bits per heavy atom. The molecule has 3 heteroatoms. The Morgan fingerprint density at radius 2 is 2.18 bits per heavy atom. The van der Waals surface area contributed by atoms with E-state index in [0.717, 1.165) is 38.2 Å². The molecule has 17 heavy (non-hydrogen) atoms. The van der Waals surface area contributed by atoms with Crippen molar-refractivity contribution < 1.29 is 9.84 Å².